The fourth-order valence-corrected chi connectivity index (χ4v) is 5.20. The maximum absolute atomic E-state index is 13.1. The van der Waals surface area contributed by atoms with E-state index >= 15 is 0 Å². The summed E-state index contributed by atoms with van der Waals surface area (Å²) in [6.45, 7) is 0. The molecule has 0 bridgehead atoms. The van der Waals surface area contributed by atoms with E-state index in [-0.39, 0.29) is 5.92 Å². The number of thiophene rings is 1. The van der Waals surface area contributed by atoms with E-state index in [0.29, 0.717) is 16.1 Å². The molecular weight excluding hydrogens is 370 g/mol. The van der Waals surface area contributed by atoms with E-state index in [9.17, 15) is 14.9 Å². The van der Waals surface area contributed by atoms with Crippen molar-refractivity contribution in [2.75, 3.05) is 4.90 Å². The minimum absolute atomic E-state index is 0.152. The number of hydrogen-bond donors (Lipinski definition) is 1. The summed E-state index contributed by atoms with van der Waals surface area (Å²) in [5.41, 5.74) is 5.43. The predicted octanol–water partition coefficient (Wildman–Crippen LogP) is 3.55. The second-order valence-corrected chi connectivity index (χ2v) is 7.84. The molecule has 1 atom stereocenters. The lowest BCUT2D eigenvalue weighted by atomic mass is 9.71. The van der Waals surface area contributed by atoms with Crippen molar-refractivity contribution in [3.05, 3.63) is 52.2 Å². The summed E-state index contributed by atoms with van der Waals surface area (Å²) in [7, 11) is 0. The number of amides is 2. The first-order chi connectivity index (χ1) is 13.6. The number of hydrogen-bond acceptors (Lipinski definition) is 4. The van der Waals surface area contributed by atoms with Crippen molar-refractivity contribution in [2.24, 2.45) is 11.7 Å². The Morgan fingerprint density at radius 1 is 1.21 bits per heavy atom. The van der Waals surface area contributed by atoms with E-state index in [2.05, 4.69) is 12.0 Å². The van der Waals surface area contributed by atoms with Crippen molar-refractivity contribution in [3.8, 4) is 18.4 Å². The summed E-state index contributed by atoms with van der Waals surface area (Å²) in [5, 5.41) is 11.2. The number of nitrogens with zero attached hydrogens (tertiary/aromatic N) is 2. The van der Waals surface area contributed by atoms with Gasteiger partial charge < -0.3 is 5.73 Å². The molecule has 1 unspecified atom stereocenters. The van der Waals surface area contributed by atoms with Crippen LogP contribution in [0, 0.1) is 29.6 Å². The van der Waals surface area contributed by atoms with Gasteiger partial charge in [-0.05, 0) is 54.3 Å². The Bertz CT molecular complexity index is 949. The molecule has 0 spiro atoms. The molecule has 0 aliphatic heterocycles. The van der Waals surface area contributed by atoms with E-state index in [1.54, 1.807) is 24.3 Å². The van der Waals surface area contributed by atoms with Crippen molar-refractivity contribution < 1.29 is 9.59 Å². The topological polar surface area (TPSA) is 87.2 Å². The zero-order chi connectivity index (χ0) is 20.1. The lowest BCUT2D eigenvalue weighted by molar-refractivity contribution is -0.129. The first kappa shape index (κ1) is 19.7. The highest BCUT2D eigenvalue weighted by atomic mass is 32.1. The zero-order valence-electron chi connectivity index (χ0n) is 15.4. The summed E-state index contributed by atoms with van der Waals surface area (Å²) in [4.78, 5) is 28.2. The Morgan fingerprint density at radius 3 is 2.54 bits per heavy atom. The first-order valence-corrected chi connectivity index (χ1v) is 10.1. The number of terminal acetylenes is 1. The third-order valence-electron chi connectivity index (χ3n) is 5.38. The molecule has 2 N–H and O–H groups in total. The molecule has 142 valence electrons. The van der Waals surface area contributed by atoms with Gasteiger partial charge in [-0.1, -0.05) is 31.4 Å². The van der Waals surface area contributed by atoms with Crippen molar-refractivity contribution >= 4 is 28.8 Å². The van der Waals surface area contributed by atoms with Crippen LogP contribution in [0.25, 0.3) is 0 Å². The number of nitrogens with two attached hydrogens (primary N) is 1. The van der Waals surface area contributed by atoms with Crippen molar-refractivity contribution in [2.45, 2.75) is 37.6 Å². The van der Waals surface area contributed by atoms with Gasteiger partial charge in [-0.25, -0.2) is 0 Å². The van der Waals surface area contributed by atoms with Crippen LogP contribution >= 0.6 is 11.3 Å². The van der Waals surface area contributed by atoms with Gasteiger partial charge in [0, 0.05) is 10.6 Å². The summed E-state index contributed by atoms with van der Waals surface area (Å²) in [6.07, 6.45) is 10.1. The van der Waals surface area contributed by atoms with Gasteiger partial charge in [0.1, 0.15) is 0 Å². The predicted molar refractivity (Wildman–Crippen MR) is 109 cm³/mol. The summed E-state index contributed by atoms with van der Waals surface area (Å²) < 4.78 is 0. The standard InChI is InChI=1S/C22H21N3O2S/c1-2-20(26)25(18-11-6-8-16(14-18)15-23)22(21(24)27,19-12-7-13-28-19)17-9-4-3-5-10-17/h1,6-8,11-14,17H,3-5,9-10H2,(H2,24,27). The molecule has 1 aromatic heterocycles. The smallest absolute Gasteiger partial charge is 0.303 e. The van der Waals surface area contributed by atoms with Crippen LogP contribution in [0.4, 0.5) is 5.69 Å². The lowest BCUT2D eigenvalue weighted by Gasteiger charge is -2.46. The molecule has 0 radical (unpaired) electrons. The van der Waals surface area contributed by atoms with Gasteiger partial charge in [-0.15, -0.1) is 17.8 Å². The Kier molecular flexibility index (Phi) is 5.82. The highest BCUT2D eigenvalue weighted by Crippen LogP contribution is 2.47. The molecular formula is C22H21N3O2S. The number of primary amides is 1. The van der Waals surface area contributed by atoms with Crippen LogP contribution in [0.2, 0.25) is 0 Å². The number of anilines is 1. The quantitative estimate of drug-likeness (QED) is 0.791. The van der Waals surface area contributed by atoms with Gasteiger partial charge >= 0.3 is 5.91 Å². The summed E-state index contributed by atoms with van der Waals surface area (Å²) >= 11 is 1.38. The van der Waals surface area contributed by atoms with Crippen LogP contribution in [0.15, 0.2) is 41.8 Å². The third kappa shape index (κ3) is 3.28. The molecule has 6 heteroatoms. The lowest BCUT2D eigenvalue weighted by Crippen LogP contribution is -2.61. The van der Waals surface area contributed by atoms with Crippen molar-refractivity contribution in [1.82, 2.24) is 0 Å². The number of carbonyl (C=O) groups excluding carboxylic acids is 2. The highest BCUT2D eigenvalue weighted by Gasteiger charge is 2.53. The average Bonchev–Trinajstić information content (AvgIpc) is 3.26. The van der Waals surface area contributed by atoms with Crippen LogP contribution in [0.5, 0.6) is 0 Å². The van der Waals surface area contributed by atoms with Crippen LogP contribution < -0.4 is 10.6 Å². The maximum Gasteiger partial charge on any atom is 0.303 e. The monoisotopic (exact) mass is 391 g/mol. The first-order valence-electron chi connectivity index (χ1n) is 9.20. The molecule has 1 aromatic carbocycles. The Labute approximate surface area is 168 Å². The molecule has 1 aliphatic rings. The van der Waals surface area contributed by atoms with Crippen LogP contribution in [-0.4, -0.2) is 11.8 Å². The minimum atomic E-state index is -1.38. The fraction of sp³-hybridized carbons (Fsp3) is 0.318. The zero-order valence-corrected chi connectivity index (χ0v) is 16.2. The van der Waals surface area contributed by atoms with Gasteiger partial charge in [-0.2, -0.15) is 5.26 Å². The molecule has 1 fully saturated rings. The van der Waals surface area contributed by atoms with Crippen LogP contribution in [0.1, 0.15) is 42.5 Å². The van der Waals surface area contributed by atoms with Crippen molar-refractivity contribution in [3.63, 3.8) is 0 Å². The second-order valence-electron chi connectivity index (χ2n) is 6.89. The van der Waals surface area contributed by atoms with E-state index in [0.717, 1.165) is 32.1 Å². The minimum Gasteiger partial charge on any atom is -0.367 e. The SMILES string of the molecule is C#CC(=O)N(c1cccc(C#N)c1)C(C(N)=O)(c1cccs1)C1CCCCC1. The van der Waals surface area contributed by atoms with Gasteiger partial charge in [0.15, 0.2) is 5.54 Å². The molecule has 2 aromatic rings. The summed E-state index contributed by atoms with van der Waals surface area (Å²) in [6, 6.07) is 12.3. The Hall–Kier alpha value is -3.09. The summed E-state index contributed by atoms with van der Waals surface area (Å²) in [5.74, 6) is 0.761. The Morgan fingerprint density at radius 2 is 1.96 bits per heavy atom. The van der Waals surface area contributed by atoms with Crippen molar-refractivity contribution in [1.29, 1.82) is 5.26 Å². The second kappa shape index (κ2) is 8.29. The highest BCUT2D eigenvalue weighted by molar-refractivity contribution is 7.10. The van der Waals surface area contributed by atoms with Gasteiger partial charge in [-0.3, -0.25) is 14.5 Å². The molecule has 1 heterocycles. The molecule has 1 saturated carbocycles. The fourth-order valence-electron chi connectivity index (χ4n) is 4.20. The molecule has 0 saturated heterocycles. The average molecular weight is 391 g/mol. The van der Waals surface area contributed by atoms with E-state index in [1.165, 1.54) is 16.2 Å². The van der Waals surface area contributed by atoms with Crippen LogP contribution in [0.3, 0.4) is 0 Å². The number of rotatable bonds is 5. The molecule has 28 heavy (non-hydrogen) atoms. The number of benzene rings is 1. The van der Waals surface area contributed by atoms with E-state index in [4.69, 9.17) is 12.2 Å². The van der Waals surface area contributed by atoms with E-state index < -0.39 is 17.4 Å². The molecule has 1 aliphatic carbocycles. The maximum atomic E-state index is 13.1. The molecule has 3 rings (SSSR count). The molecule has 2 amide bonds. The Balaban J connectivity index is 2.31. The van der Waals surface area contributed by atoms with Gasteiger partial charge in [0.2, 0.25) is 5.91 Å². The largest absolute Gasteiger partial charge is 0.367 e. The normalized spacial score (nSPS) is 16.4. The number of nitriles is 1. The van der Waals surface area contributed by atoms with Gasteiger partial charge in [0.25, 0.3) is 0 Å². The molecule has 5 nitrogen and oxygen atoms in total. The number of carbonyl (C=O) groups is 2. The third-order valence-corrected chi connectivity index (χ3v) is 6.38. The van der Waals surface area contributed by atoms with E-state index in [1.807, 2.05) is 17.5 Å². The van der Waals surface area contributed by atoms with Gasteiger partial charge in [0.05, 0.1) is 11.6 Å². The van der Waals surface area contributed by atoms with Crippen LogP contribution in [-0.2, 0) is 15.1 Å².